The van der Waals surface area contributed by atoms with Crippen LogP contribution in [0.5, 0.6) is 0 Å². The van der Waals surface area contributed by atoms with Crippen LogP contribution in [-0.2, 0) is 10.2 Å². The van der Waals surface area contributed by atoms with Crippen LogP contribution in [0.2, 0.25) is 0 Å². The summed E-state index contributed by atoms with van der Waals surface area (Å²) in [6, 6.07) is 7.74. The van der Waals surface area contributed by atoms with E-state index in [1.165, 1.54) is 5.56 Å². The Morgan fingerprint density at radius 2 is 1.85 bits per heavy atom. The van der Waals surface area contributed by atoms with E-state index in [2.05, 4.69) is 36.6 Å². The summed E-state index contributed by atoms with van der Waals surface area (Å²) in [6.45, 7) is 6.95. The summed E-state index contributed by atoms with van der Waals surface area (Å²) < 4.78 is 4.25. The largest absolute Gasteiger partial charge is 0.508 e. The molecule has 2 N–H and O–H groups in total. The van der Waals surface area contributed by atoms with E-state index in [1.54, 1.807) is 50.3 Å². The summed E-state index contributed by atoms with van der Waals surface area (Å²) in [5, 5.41) is 18.0. The predicted molar refractivity (Wildman–Crippen MR) is 139 cm³/mol. The van der Waals surface area contributed by atoms with Gasteiger partial charge in [-0.1, -0.05) is 45.1 Å². The van der Waals surface area contributed by atoms with Gasteiger partial charge >= 0.3 is 0 Å². The average molecular weight is 467 g/mol. The van der Waals surface area contributed by atoms with Crippen molar-refractivity contribution in [2.75, 3.05) is 34.9 Å². The van der Waals surface area contributed by atoms with Crippen LogP contribution in [0.25, 0.3) is 0 Å². The van der Waals surface area contributed by atoms with Crippen molar-refractivity contribution < 1.29 is 14.6 Å². The molecule has 1 aromatic rings. The number of amides is 1. The fourth-order valence-corrected chi connectivity index (χ4v) is 3.64. The summed E-state index contributed by atoms with van der Waals surface area (Å²) in [4.78, 5) is 21.1. The van der Waals surface area contributed by atoms with Crippen LogP contribution in [0.1, 0.15) is 49.5 Å². The molecule has 3 rings (SSSR count). The fourth-order valence-electron chi connectivity index (χ4n) is 3.64. The number of carbonyl (C=O) groups is 1. The SMILES string of the molecule is CN(C)C(=N)N=C1/C(=C/C2C=C(O)C=CC2)CCN1C(=O)c1ccc(C(C)(C)C)cc1.COC. The van der Waals surface area contributed by atoms with E-state index >= 15 is 0 Å². The molecule has 34 heavy (non-hydrogen) atoms. The van der Waals surface area contributed by atoms with Crippen LogP contribution in [0.15, 0.2) is 64.9 Å². The Hall–Kier alpha value is -3.19. The van der Waals surface area contributed by atoms with Crippen LogP contribution in [0.4, 0.5) is 0 Å². The van der Waals surface area contributed by atoms with Crippen molar-refractivity contribution >= 4 is 17.7 Å². The van der Waals surface area contributed by atoms with E-state index in [1.807, 2.05) is 30.3 Å². The van der Waals surface area contributed by atoms with Crippen molar-refractivity contribution in [2.24, 2.45) is 10.9 Å². The Kier molecular flexibility index (Phi) is 9.38. The Morgan fingerprint density at radius 1 is 1.24 bits per heavy atom. The van der Waals surface area contributed by atoms with Crippen LogP contribution < -0.4 is 0 Å². The topological polar surface area (TPSA) is 89.2 Å². The van der Waals surface area contributed by atoms with Gasteiger partial charge in [0.15, 0.2) is 0 Å². The van der Waals surface area contributed by atoms with Gasteiger partial charge in [0.25, 0.3) is 5.91 Å². The van der Waals surface area contributed by atoms with Crippen molar-refractivity contribution in [1.29, 1.82) is 5.41 Å². The second-order valence-electron chi connectivity index (χ2n) is 9.68. The van der Waals surface area contributed by atoms with Crippen LogP contribution in [0, 0.1) is 11.3 Å². The third kappa shape index (κ3) is 7.15. The lowest BCUT2D eigenvalue weighted by Gasteiger charge is -2.21. The lowest BCUT2D eigenvalue weighted by molar-refractivity contribution is 0.0857. The molecule has 0 bridgehead atoms. The molecule has 1 aromatic carbocycles. The highest BCUT2D eigenvalue weighted by molar-refractivity contribution is 6.16. The van der Waals surface area contributed by atoms with Crippen LogP contribution in [0.3, 0.4) is 0 Å². The zero-order chi connectivity index (χ0) is 25.5. The summed E-state index contributed by atoms with van der Waals surface area (Å²) in [5.74, 6) is 0.782. The maximum absolute atomic E-state index is 13.3. The van der Waals surface area contributed by atoms with Gasteiger partial charge in [0, 0.05) is 46.3 Å². The number of hydrogen-bond donors (Lipinski definition) is 2. The zero-order valence-electron chi connectivity index (χ0n) is 21.4. The maximum Gasteiger partial charge on any atom is 0.259 e. The van der Waals surface area contributed by atoms with Crippen molar-refractivity contribution in [3.05, 3.63) is 71.0 Å². The summed E-state index contributed by atoms with van der Waals surface area (Å²) in [7, 11) is 6.77. The molecule has 1 aliphatic heterocycles. The molecule has 1 aliphatic carbocycles. The lowest BCUT2D eigenvalue weighted by Crippen LogP contribution is -2.34. The second-order valence-corrected chi connectivity index (χ2v) is 9.68. The first-order chi connectivity index (χ1) is 16.0. The molecule has 1 fully saturated rings. The number of guanidine groups is 1. The van der Waals surface area contributed by atoms with Crippen molar-refractivity contribution in [3.63, 3.8) is 0 Å². The number of aliphatic imine (C=N–C) groups is 1. The number of ether oxygens (including phenoxy) is 1. The van der Waals surface area contributed by atoms with E-state index in [0.717, 1.165) is 12.0 Å². The monoisotopic (exact) mass is 466 g/mol. The highest BCUT2D eigenvalue weighted by Gasteiger charge is 2.31. The van der Waals surface area contributed by atoms with E-state index in [-0.39, 0.29) is 29.0 Å². The Labute approximate surface area is 203 Å². The van der Waals surface area contributed by atoms with Gasteiger partial charge in [-0.25, -0.2) is 0 Å². The number of carbonyl (C=O) groups excluding carboxylic acids is 1. The van der Waals surface area contributed by atoms with Crippen LogP contribution >= 0.6 is 0 Å². The van der Waals surface area contributed by atoms with Gasteiger partial charge in [-0.2, -0.15) is 4.99 Å². The fraction of sp³-hybridized carbons (Fsp3) is 0.444. The average Bonchev–Trinajstić information content (AvgIpc) is 3.15. The number of amidine groups is 1. The second kappa shape index (κ2) is 11.8. The smallest absolute Gasteiger partial charge is 0.259 e. The van der Waals surface area contributed by atoms with Gasteiger partial charge in [-0.05, 0) is 53.7 Å². The molecule has 184 valence electrons. The van der Waals surface area contributed by atoms with E-state index in [9.17, 15) is 9.90 Å². The third-order valence-corrected chi connectivity index (χ3v) is 5.52. The van der Waals surface area contributed by atoms with Crippen molar-refractivity contribution in [1.82, 2.24) is 9.80 Å². The highest BCUT2D eigenvalue weighted by atomic mass is 16.4. The van der Waals surface area contributed by atoms with E-state index in [4.69, 9.17) is 5.41 Å². The minimum atomic E-state index is -0.115. The minimum Gasteiger partial charge on any atom is -0.508 e. The van der Waals surface area contributed by atoms with E-state index < -0.39 is 0 Å². The normalized spacial score (nSPS) is 20.1. The number of methoxy groups -OCH3 is 1. The molecule has 0 radical (unpaired) electrons. The molecule has 1 atom stereocenters. The number of aliphatic hydroxyl groups is 1. The molecule has 1 unspecified atom stereocenters. The lowest BCUT2D eigenvalue weighted by atomic mass is 9.86. The molecular weight excluding hydrogens is 428 g/mol. The van der Waals surface area contributed by atoms with Gasteiger partial charge in [0.05, 0.1) is 0 Å². The molecule has 0 spiro atoms. The summed E-state index contributed by atoms with van der Waals surface area (Å²) >= 11 is 0. The maximum atomic E-state index is 13.3. The van der Waals surface area contributed by atoms with Gasteiger partial charge in [0.1, 0.15) is 11.6 Å². The molecule has 2 aliphatic rings. The van der Waals surface area contributed by atoms with Crippen molar-refractivity contribution in [2.45, 2.75) is 39.0 Å². The first kappa shape index (κ1) is 27.1. The predicted octanol–water partition coefficient (Wildman–Crippen LogP) is 4.93. The number of likely N-dealkylation sites (tertiary alicyclic amines) is 1. The molecule has 1 heterocycles. The standard InChI is InChI=1S/C25H32N4O2.C2H6O/c1-25(2,3)20-11-9-18(10-12-20)23(31)29-14-13-19(22(29)27-24(26)28(4)5)15-17-7-6-8-21(30)16-17;1-3-2/h6,8-12,15-17,26,30H,7,13-14H2,1-5H3;1-2H3/b19-15+,26-24?,27-22?;. The van der Waals surface area contributed by atoms with E-state index in [0.29, 0.717) is 24.4 Å². The number of allylic oxidation sites excluding steroid dienone is 4. The zero-order valence-corrected chi connectivity index (χ0v) is 21.4. The molecular formula is C27H38N4O3. The van der Waals surface area contributed by atoms with Gasteiger partial charge in [0.2, 0.25) is 5.96 Å². The third-order valence-electron chi connectivity index (χ3n) is 5.52. The first-order valence-corrected chi connectivity index (χ1v) is 11.4. The number of hydrogen-bond acceptors (Lipinski definition) is 4. The molecule has 0 saturated carbocycles. The summed E-state index contributed by atoms with van der Waals surface area (Å²) in [5.41, 5.74) is 2.73. The van der Waals surface area contributed by atoms with Crippen LogP contribution in [-0.4, -0.2) is 67.5 Å². The van der Waals surface area contributed by atoms with Gasteiger partial charge < -0.3 is 14.7 Å². The quantitative estimate of drug-likeness (QED) is 0.478. The summed E-state index contributed by atoms with van der Waals surface area (Å²) in [6.07, 6.45) is 8.94. The Morgan fingerprint density at radius 3 is 2.38 bits per heavy atom. The number of benzene rings is 1. The Balaban J connectivity index is 0.00000129. The van der Waals surface area contributed by atoms with Crippen molar-refractivity contribution in [3.8, 4) is 0 Å². The molecule has 7 nitrogen and oxygen atoms in total. The molecule has 1 saturated heterocycles. The van der Waals surface area contributed by atoms with Gasteiger partial charge in [-0.3, -0.25) is 15.1 Å². The number of nitrogens with one attached hydrogen (secondary N) is 1. The molecule has 0 aromatic heterocycles. The molecule has 1 amide bonds. The number of nitrogens with zero attached hydrogens (tertiary/aromatic N) is 3. The highest BCUT2D eigenvalue weighted by Crippen LogP contribution is 2.27. The number of rotatable bonds is 2. The Bertz CT molecular complexity index is 996. The minimum absolute atomic E-state index is 0.0199. The first-order valence-electron chi connectivity index (χ1n) is 11.4. The van der Waals surface area contributed by atoms with Gasteiger partial charge in [-0.15, -0.1) is 0 Å². The molecule has 7 heteroatoms. The number of aliphatic hydroxyl groups excluding tert-OH is 1.